The van der Waals surface area contributed by atoms with E-state index in [9.17, 15) is 44.7 Å². The number of carbonyl (C=O) groups is 2. The van der Waals surface area contributed by atoms with Crippen LogP contribution in [0, 0.1) is 11.6 Å². The second kappa shape index (κ2) is 17.4. The van der Waals surface area contributed by atoms with Gasteiger partial charge in [0.25, 0.3) is 12.9 Å². The molecule has 284 valence electrons. The number of benzene rings is 4. The molecule has 0 saturated carbocycles. The molecular weight excluding hydrogens is 860 g/mol. The Bertz CT molecular complexity index is 1900. The highest BCUT2D eigenvalue weighted by atomic mass is 79.9. The molecule has 6 rings (SSSR count). The highest BCUT2D eigenvalue weighted by Crippen LogP contribution is 2.44. The van der Waals surface area contributed by atoms with Crippen LogP contribution in [0.3, 0.4) is 0 Å². The number of aliphatic imine (C=N–C) groups is 2. The van der Waals surface area contributed by atoms with E-state index in [-0.39, 0.29) is 11.8 Å². The van der Waals surface area contributed by atoms with Crippen LogP contribution in [0.5, 0.6) is 0 Å². The van der Waals surface area contributed by atoms with Crippen molar-refractivity contribution in [1.82, 2.24) is 0 Å². The lowest BCUT2D eigenvalue weighted by Gasteiger charge is -2.36. The van der Waals surface area contributed by atoms with Crippen LogP contribution in [0.25, 0.3) is 0 Å². The van der Waals surface area contributed by atoms with Gasteiger partial charge < -0.3 is 9.47 Å². The van der Waals surface area contributed by atoms with Crippen molar-refractivity contribution in [3.63, 3.8) is 0 Å². The van der Waals surface area contributed by atoms with Gasteiger partial charge in [-0.2, -0.15) is 0 Å². The molecule has 0 spiro atoms. The normalized spacial score (nSPS) is 22.3. The fraction of sp³-hybridized carbons (Fsp3) is 0.263. The molecular formula is C38H28Br2F8N2O4. The molecule has 4 aromatic rings. The molecule has 54 heavy (non-hydrogen) atoms. The second-order valence-corrected chi connectivity index (χ2v) is 13.8. The van der Waals surface area contributed by atoms with Crippen LogP contribution in [-0.2, 0) is 20.6 Å². The number of halogens is 10. The van der Waals surface area contributed by atoms with Gasteiger partial charge in [-0.3, -0.25) is 9.59 Å². The molecule has 2 heterocycles. The van der Waals surface area contributed by atoms with Gasteiger partial charge in [0, 0.05) is 31.2 Å². The van der Waals surface area contributed by atoms with Crippen molar-refractivity contribution < 1.29 is 54.2 Å². The van der Waals surface area contributed by atoms with Crippen molar-refractivity contribution in [2.75, 3.05) is 13.2 Å². The lowest BCUT2D eigenvalue weighted by molar-refractivity contribution is -0.0306. The minimum absolute atomic E-state index is 0.301. The number of alkyl halides is 6. The van der Waals surface area contributed by atoms with Crippen molar-refractivity contribution in [2.24, 2.45) is 9.98 Å². The predicted octanol–water partition coefficient (Wildman–Crippen LogP) is 10.2. The van der Waals surface area contributed by atoms with Crippen LogP contribution in [0.1, 0.15) is 44.7 Å². The van der Waals surface area contributed by atoms with Gasteiger partial charge >= 0.3 is 0 Å². The van der Waals surface area contributed by atoms with Crippen LogP contribution in [0.4, 0.5) is 35.1 Å². The summed E-state index contributed by atoms with van der Waals surface area (Å²) < 4.78 is 124. The Morgan fingerprint density at radius 2 is 0.981 bits per heavy atom. The highest BCUT2D eigenvalue weighted by Gasteiger charge is 2.55. The molecule has 4 atom stereocenters. The fourth-order valence-corrected chi connectivity index (χ4v) is 6.51. The van der Waals surface area contributed by atoms with E-state index in [0.717, 1.165) is 24.3 Å². The summed E-state index contributed by atoms with van der Waals surface area (Å²) >= 11 is 6.15. The topological polar surface area (TPSA) is 77.3 Å². The Morgan fingerprint density at radius 1 is 0.630 bits per heavy atom. The minimum Gasteiger partial charge on any atom is -0.477 e. The molecule has 0 aliphatic carbocycles. The van der Waals surface area contributed by atoms with Crippen molar-refractivity contribution in [3.05, 3.63) is 140 Å². The fourth-order valence-electron chi connectivity index (χ4n) is 5.79. The van der Waals surface area contributed by atoms with E-state index in [0.29, 0.717) is 20.1 Å². The van der Waals surface area contributed by atoms with Crippen LogP contribution in [-0.4, -0.2) is 61.8 Å². The molecule has 4 aromatic carbocycles. The molecule has 0 radical (unpaired) electrons. The number of ether oxygens (including phenoxy) is 2. The third-order valence-corrected chi connectivity index (χ3v) is 9.55. The van der Waals surface area contributed by atoms with Gasteiger partial charge in [-0.05, 0) is 36.4 Å². The zero-order valence-corrected chi connectivity index (χ0v) is 30.9. The van der Waals surface area contributed by atoms with Gasteiger partial charge in [0.2, 0.25) is 0 Å². The van der Waals surface area contributed by atoms with Crippen molar-refractivity contribution in [3.8, 4) is 0 Å². The zero-order chi connectivity index (χ0) is 39.2. The first kappa shape index (κ1) is 40.7. The molecule has 0 amide bonds. The summed E-state index contributed by atoms with van der Waals surface area (Å²) in [6.07, 6.45) is -12.1. The summed E-state index contributed by atoms with van der Waals surface area (Å²) in [5.41, 5.74) is -6.07. The first-order valence-electron chi connectivity index (χ1n) is 16.0. The molecule has 16 heteroatoms. The van der Waals surface area contributed by atoms with E-state index in [2.05, 4.69) is 41.8 Å². The number of Topliss-reactive ketones (excluding diaryl/α,β-unsaturated/α-hetero) is 2. The summed E-state index contributed by atoms with van der Waals surface area (Å²) in [7, 11) is 0. The molecule has 6 nitrogen and oxygen atoms in total. The Labute approximate surface area is 320 Å². The van der Waals surface area contributed by atoms with E-state index < -0.39 is 96.7 Å². The quantitative estimate of drug-likeness (QED) is 0.117. The molecule has 0 bridgehead atoms. The first-order chi connectivity index (χ1) is 25.7. The summed E-state index contributed by atoms with van der Waals surface area (Å²) in [5.74, 6) is -3.58. The summed E-state index contributed by atoms with van der Waals surface area (Å²) in [5, 5.41) is 0. The number of carbonyl (C=O) groups excluding carboxylic acids is 2. The third kappa shape index (κ3) is 8.59. The Kier molecular flexibility index (Phi) is 13.1. The minimum atomic E-state index is -3.35. The smallest absolute Gasteiger partial charge is 0.270 e. The Balaban J connectivity index is 0.000000208. The number of rotatable bonds is 10. The number of ketones is 2. The third-order valence-electron chi connectivity index (χ3n) is 8.57. The molecule has 0 fully saturated rings. The largest absolute Gasteiger partial charge is 0.477 e. The zero-order valence-electron chi connectivity index (χ0n) is 27.7. The second-order valence-electron chi connectivity index (χ2n) is 12.0. The van der Waals surface area contributed by atoms with E-state index in [1.54, 1.807) is 60.7 Å². The summed E-state index contributed by atoms with van der Waals surface area (Å²) in [6, 6.07) is 22.9. The monoisotopic (exact) mass is 886 g/mol. The Hall–Kier alpha value is -4.44. The molecule has 0 N–H and O–H groups in total. The predicted molar refractivity (Wildman–Crippen MR) is 191 cm³/mol. The molecule has 0 unspecified atom stereocenters. The van der Waals surface area contributed by atoms with Gasteiger partial charge in [-0.1, -0.05) is 92.5 Å². The summed E-state index contributed by atoms with van der Waals surface area (Å²) in [6.45, 7) is -1.51. The van der Waals surface area contributed by atoms with Gasteiger partial charge in [0.05, 0.1) is 12.8 Å². The average molecular weight is 888 g/mol. The van der Waals surface area contributed by atoms with E-state index >= 15 is 0 Å². The maximum absolute atomic E-state index is 14.6. The van der Waals surface area contributed by atoms with Gasteiger partial charge in [0.1, 0.15) is 24.8 Å². The van der Waals surface area contributed by atoms with E-state index in [1.807, 2.05) is 0 Å². The lowest BCUT2D eigenvalue weighted by atomic mass is 9.85. The van der Waals surface area contributed by atoms with Crippen LogP contribution >= 0.6 is 31.9 Å². The maximum Gasteiger partial charge on any atom is 0.270 e. The Morgan fingerprint density at radius 3 is 1.31 bits per heavy atom. The number of hydrogen-bond donors (Lipinski definition) is 0. The SMILES string of the molecule is O=C(CC1=N[C@@](c2cc(Br)ccc2F)(C(F)F)[C@@H](F)CO1)c1ccccc1.O=C(CC1=N[C@@](c2cc(Br)ccc2F)(C(F)F)[C@H](F)CO1)c1ccccc1. The standard InChI is InChI=1S/2C19H14BrF4NO2/c2*20-12-6-7-14(21)13(8-12)19(18(23)24)16(22)10-27-17(25-19)9-15(26)11-4-2-1-3-5-11/h2*1-8,16,18H,9-10H2/t16-,19+;16-,19-/m01/s1. The van der Waals surface area contributed by atoms with Crippen LogP contribution < -0.4 is 0 Å². The number of hydrogen-bond acceptors (Lipinski definition) is 6. The average Bonchev–Trinajstić information content (AvgIpc) is 3.16. The van der Waals surface area contributed by atoms with Crippen molar-refractivity contribution >= 4 is 55.2 Å². The van der Waals surface area contributed by atoms with Gasteiger partial charge in [-0.25, -0.2) is 45.1 Å². The van der Waals surface area contributed by atoms with Gasteiger partial charge in [0.15, 0.2) is 46.8 Å². The van der Waals surface area contributed by atoms with Crippen molar-refractivity contribution in [2.45, 2.75) is 49.1 Å². The van der Waals surface area contributed by atoms with Crippen LogP contribution in [0.2, 0.25) is 0 Å². The maximum atomic E-state index is 14.6. The molecule has 2 aliphatic rings. The molecule has 2 aliphatic heterocycles. The lowest BCUT2D eigenvalue weighted by Crippen LogP contribution is -2.49. The molecule has 0 aromatic heterocycles. The van der Waals surface area contributed by atoms with E-state index in [4.69, 9.17) is 9.47 Å². The molecule has 0 saturated heterocycles. The van der Waals surface area contributed by atoms with Crippen LogP contribution in [0.15, 0.2) is 116 Å². The van der Waals surface area contributed by atoms with Gasteiger partial charge in [-0.15, -0.1) is 0 Å². The summed E-state index contributed by atoms with van der Waals surface area (Å²) in [4.78, 5) is 32.1. The highest BCUT2D eigenvalue weighted by molar-refractivity contribution is 9.10. The first-order valence-corrected chi connectivity index (χ1v) is 17.6. The van der Waals surface area contributed by atoms with E-state index in [1.165, 1.54) is 12.1 Å². The van der Waals surface area contributed by atoms with Crippen molar-refractivity contribution in [1.29, 1.82) is 0 Å². The number of nitrogens with zero attached hydrogens (tertiary/aromatic N) is 2.